The molecule has 1 fully saturated rings. The second-order valence-corrected chi connectivity index (χ2v) is 6.62. The highest BCUT2D eigenvalue weighted by molar-refractivity contribution is 5.87. The summed E-state index contributed by atoms with van der Waals surface area (Å²) in [4.78, 5) is 26.7. The third-order valence-electron chi connectivity index (χ3n) is 4.57. The van der Waals surface area contributed by atoms with Gasteiger partial charge in [-0.2, -0.15) is 0 Å². The smallest absolute Gasteiger partial charge is 0.412 e. The van der Waals surface area contributed by atoms with E-state index in [4.69, 9.17) is 18.9 Å². The highest BCUT2D eigenvalue weighted by Crippen LogP contribution is 2.52. The van der Waals surface area contributed by atoms with Crippen molar-refractivity contribution in [2.24, 2.45) is 5.41 Å². The maximum absolute atomic E-state index is 12.9. The van der Waals surface area contributed by atoms with Crippen LogP contribution >= 0.6 is 0 Å². The maximum atomic E-state index is 12.9. The summed E-state index contributed by atoms with van der Waals surface area (Å²) in [5.74, 6) is -0.669. The Morgan fingerprint density at radius 1 is 1.21 bits per heavy atom. The minimum absolute atomic E-state index is 0.0352. The first-order chi connectivity index (χ1) is 11.2. The van der Waals surface area contributed by atoms with E-state index in [9.17, 15) is 9.59 Å². The van der Waals surface area contributed by atoms with Crippen molar-refractivity contribution >= 4 is 12.1 Å². The highest BCUT2D eigenvalue weighted by Gasteiger charge is 2.72. The van der Waals surface area contributed by atoms with Crippen molar-refractivity contribution in [3.05, 3.63) is 12.7 Å². The first kappa shape index (κ1) is 20.4. The molecule has 1 aliphatic rings. The minimum Gasteiger partial charge on any atom is -0.462 e. The van der Waals surface area contributed by atoms with Crippen LogP contribution in [0.5, 0.6) is 0 Å². The van der Waals surface area contributed by atoms with Crippen molar-refractivity contribution < 1.29 is 28.5 Å². The van der Waals surface area contributed by atoms with Gasteiger partial charge >= 0.3 is 12.1 Å². The lowest BCUT2D eigenvalue weighted by atomic mass is 9.69. The number of nitrogens with zero attached hydrogens (tertiary/aromatic N) is 1. The van der Waals surface area contributed by atoms with Crippen LogP contribution in [0, 0.1) is 5.41 Å². The van der Waals surface area contributed by atoms with Gasteiger partial charge in [-0.3, -0.25) is 4.90 Å². The van der Waals surface area contributed by atoms with Crippen molar-refractivity contribution in [1.82, 2.24) is 4.90 Å². The predicted molar refractivity (Wildman–Crippen MR) is 88.4 cm³/mol. The Balaban J connectivity index is 3.49. The van der Waals surface area contributed by atoms with E-state index in [1.165, 1.54) is 25.2 Å². The van der Waals surface area contributed by atoms with Gasteiger partial charge in [-0.1, -0.05) is 33.4 Å². The number of carbonyl (C=O) groups is 2. The molecular formula is C17H29NO6. The molecule has 0 aromatic heterocycles. The predicted octanol–water partition coefficient (Wildman–Crippen LogP) is 2.35. The van der Waals surface area contributed by atoms with Gasteiger partial charge in [-0.25, -0.2) is 9.59 Å². The summed E-state index contributed by atoms with van der Waals surface area (Å²) in [5, 5.41) is 0. The lowest BCUT2D eigenvalue weighted by molar-refractivity contribution is -0.256. The highest BCUT2D eigenvalue weighted by atomic mass is 16.6. The second kappa shape index (κ2) is 7.53. The first-order valence-corrected chi connectivity index (χ1v) is 8.01. The van der Waals surface area contributed by atoms with Crippen molar-refractivity contribution in [3.8, 4) is 0 Å². The molecule has 138 valence electrons. The summed E-state index contributed by atoms with van der Waals surface area (Å²) in [6.45, 7) is 11.5. The van der Waals surface area contributed by atoms with Gasteiger partial charge < -0.3 is 18.9 Å². The monoisotopic (exact) mass is 343 g/mol. The molecule has 0 aliphatic carbocycles. The number of amides is 1. The molecule has 24 heavy (non-hydrogen) atoms. The Labute approximate surface area is 143 Å². The number of hydrogen-bond acceptors (Lipinski definition) is 6. The number of rotatable bonds is 6. The van der Waals surface area contributed by atoms with Gasteiger partial charge in [0.15, 0.2) is 0 Å². The molecule has 0 spiro atoms. The molecule has 7 heteroatoms. The van der Waals surface area contributed by atoms with E-state index in [-0.39, 0.29) is 19.8 Å². The Kier molecular flexibility index (Phi) is 6.41. The average Bonchev–Trinajstić information content (AvgIpc) is 2.88. The average molecular weight is 343 g/mol. The molecule has 0 saturated carbocycles. The quantitative estimate of drug-likeness (QED) is 0.544. The molecule has 1 rings (SSSR count). The van der Waals surface area contributed by atoms with Crippen LogP contribution in [0.1, 0.15) is 34.1 Å². The molecule has 0 bridgehead atoms. The van der Waals surface area contributed by atoms with E-state index in [0.29, 0.717) is 6.42 Å². The van der Waals surface area contributed by atoms with Crippen LogP contribution in [0.4, 0.5) is 4.79 Å². The normalized spacial score (nSPS) is 27.0. The standard InChI is InChI=1S/C17H29NO6/c1-8-12-24-14(20)18-11-10-16(21-6,15(3,4)5)17(18,22-7)13(19)23-9-2/h8H,1,9-12H2,2-7H3/t16-,17?/m0/s1. The topological polar surface area (TPSA) is 74.3 Å². The van der Waals surface area contributed by atoms with Crippen LogP contribution < -0.4 is 0 Å². The van der Waals surface area contributed by atoms with Crippen LogP contribution in [-0.2, 0) is 23.7 Å². The molecule has 0 N–H and O–H groups in total. The van der Waals surface area contributed by atoms with Crippen molar-refractivity contribution in [2.45, 2.75) is 45.4 Å². The Bertz CT molecular complexity index is 486. The number of ether oxygens (including phenoxy) is 4. The van der Waals surface area contributed by atoms with Gasteiger partial charge in [0, 0.05) is 27.2 Å². The molecule has 1 heterocycles. The van der Waals surface area contributed by atoms with E-state index in [2.05, 4.69) is 6.58 Å². The van der Waals surface area contributed by atoms with Gasteiger partial charge in [0.2, 0.25) is 0 Å². The fraction of sp³-hybridized carbons (Fsp3) is 0.765. The van der Waals surface area contributed by atoms with Crippen LogP contribution in [0.15, 0.2) is 12.7 Å². The minimum atomic E-state index is -1.73. The molecule has 1 amide bonds. The van der Waals surface area contributed by atoms with Crippen molar-refractivity contribution in [2.75, 3.05) is 34.0 Å². The van der Waals surface area contributed by atoms with E-state index >= 15 is 0 Å². The summed E-state index contributed by atoms with van der Waals surface area (Å²) >= 11 is 0. The number of esters is 1. The summed E-state index contributed by atoms with van der Waals surface area (Å²) in [6.07, 6.45) is 1.19. The Morgan fingerprint density at radius 3 is 2.25 bits per heavy atom. The van der Waals surface area contributed by atoms with Gasteiger partial charge in [0.05, 0.1) is 6.61 Å². The molecule has 0 aromatic carbocycles. The molecule has 1 saturated heterocycles. The largest absolute Gasteiger partial charge is 0.462 e. The molecule has 0 radical (unpaired) electrons. The summed E-state index contributed by atoms with van der Waals surface area (Å²) in [6, 6.07) is 0. The first-order valence-electron chi connectivity index (χ1n) is 8.01. The second-order valence-electron chi connectivity index (χ2n) is 6.62. The van der Waals surface area contributed by atoms with Gasteiger partial charge in [-0.15, -0.1) is 0 Å². The zero-order valence-electron chi connectivity index (χ0n) is 15.5. The van der Waals surface area contributed by atoms with Crippen LogP contribution in [-0.4, -0.2) is 62.3 Å². The van der Waals surface area contributed by atoms with E-state index in [1.807, 2.05) is 20.8 Å². The Hall–Kier alpha value is -1.60. The lowest BCUT2D eigenvalue weighted by Gasteiger charge is -2.50. The third kappa shape index (κ3) is 2.91. The summed E-state index contributed by atoms with van der Waals surface area (Å²) in [5.41, 5.74) is -3.33. The summed E-state index contributed by atoms with van der Waals surface area (Å²) < 4.78 is 21.9. The number of methoxy groups -OCH3 is 2. The molecule has 1 unspecified atom stereocenters. The molecule has 7 nitrogen and oxygen atoms in total. The van der Waals surface area contributed by atoms with Gasteiger partial charge in [0.1, 0.15) is 12.2 Å². The van der Waals surface area contributed by atoms with Crippen LogP contribution in [0.2, 0.25) is 0 Å². The number of hydrogen-bond donors (Lipinski definition) is 0. The van der Waals surface area contributed by atoms with Crippen LogP contribution in [0.3, 0.4) is 0 Å². The molecule has 2 atom stereocenters. The van der Waals surface area contributed by atoms with Crippen molar-refractivity contribution in [3.63, 3.8) is 0 Å². The van der Waals surface area contributed by atoms with Gasteiger partial charge in [0.25, 0.3) is 5.72 Å². The van der Waals surface area contributed by atoms with E-state index in [0.717, 1.165) is 0 Å². The van der Waals surface area contributed by atoms with E-state index < -0.39 is 28.8 Å². The molecular weight excluding hydrogens is 314 g/mol. The summed E-state index contributed by atoms with van der Waals surface area (Å²) in [7, 11) is 2.88. The molecule has 1 aliphatic heterocycles. The fourth-order valence-corrected chi connectivity index (χ4v) is 3.53. The van der Waals surface area contributed by atoms with Gasteiger partial charge in [-0.05, 0) is 12.3 Å². The zero-order chi connectivity index (χ0) is 18.6. The zero-order valence-corrected chi connectivity index (χ0v) is 15.5. The maximum Gasteiger partial charge on any atom is 0.412 e. The Morgan fingerprint density at radius 2 is 1.83 bits per heavy atom. The SMILES string of the molecule is C=CCOC(=O)N1CC[C@](OC)(C(C)(C)C)C1(OC)C(=O)OCC. The number of likely N-dealkylation sites (tertiary alicyclic amines) is 1. The molecule has 0 aromatic rings. The number of carbonyl (C=O) groups excluding carboxylic acids is 2. The third-order valence-corrected chi connectivity index (χ3v) is 4.57. The van der Waals surface area contributed by atoms with Crippen molar-refractivity contribution in [1.29, 1.82) is 0 Å². The lowest BCUT2D eigenvalue weighted by Crippen LogP contribution is -2.70. The van der Waals surface area contributed by atoms with Crippen LogP contribution in [0.25, 0.3) is 0 Å². The van der Waals surface area contributed by atoms with E-state index in [1.54, 1.807) is 6.92 Å². The fourth-order valence-electron chi connectivity index (χ4n) is 3.53.